The first kappa shape index (κ1) is 25.0. The molecule has 202 valence electrons. The van der Waals surface area contributed by atoms with Crippen molar-refractivity contribution in [2.45, 2.75) is 88.2 Å². The van der Waals surface area contributed by atoms with Gasteiger partial charge in [0, 0.05) is 30.4 Å². The van der Waals surface area contributed by atoms with E-state index in [0.29, 0.717) is 25.9 Å². The lowest BCUT2D eigenvalue weighted by atomic mass is 9.49. The molecule has 10 atom stereocenters. The van der Waals surface area contributed by atoms with Gasteiger partial charge in [-0.15, -0.1) is 0 Å². The number of aliphatic hydroxyl groups is 1. The minimum absolute atomic E-state index is 0.0259. The van der Waals surface area contributed by atoms with E-state index < -0.39 is 58.1 Å². The fourth-order valence-electron chi connectivity index (χ4n) is 7.48. The molecule has 3 saturated heterocycles. The summed E-state index contributed by atoms with van der Waals surface area (Å²) >= 11 is 0. The maximum absolute atomic E-state index is 13.0. The molecule has 0 amide bonds. The molecular weight excluding hydrogens is 484 g/mol. The molecule has 10 nitrogen and oxygen atoms in total. The minimum atomic E-state index is -1.39. The maximum Gasteiger partial charge on any atom is 0.335 e. The Balaban J connectivity index is 1.38. The van der Waals surface area contributed by atoms with Gasteiger partial charge in [0.25, 0.3) is 0 Å². The molecule has 0 aromatic rings. The van der Waals surface area contributed by atoms with Crippen molar-refractivity contribution in [3.05, 3.63) is 24.3 Å². The van der Waals surface area contributed by atoms with Crippen LogP contribution in [0.3, 0.4) is 0 Å². The van der Waals surface area contributed by atoms with Crippen molar-refractivity contribution in [2.75, 3.05) is 19.8 Å². The second-order valence-corrected chi connectivity index (χ2v) is 11.8. The molecule has 0 aromatic carbocycles. The average Bonchev–Trinajstić information content (AvgIpc) is 3.75. The molecule has 0 radical (unpaired) electrons. The Hall–Kier alpha value is -2.27. The van der Waals surface area contributed by atoms with Gasteiger partial charge in [-0.05, 0) is 25.7 Å². The summed E-state index contributed by atoms with van der Waals surface area (Å²) < 4.78 is 35.8. The lowest BCUT2D eigenvalue weighted by Crippen LogP contribution is -2.69. The number of cyclic esters (lactones) is 2. The van der Waals surface area contributed by atoms with E-state index in [4.69, 9.17) is 28.4 Å². The molecule has 10 heteroatoms. The van der Waals surface area contributed by atoms with E-state index in [-0.39, 0.29) is 37.9 Å². The van der Waals surface area contributed by atoms with Crippen molar-refractivity contribution in [2.24, 2.45) is 16.7 Å². The minimum Gasteiger partial charge on any atom is -0.463 e. The van der Waals surface area contributed by atoms with Crippen LogP contribution in [0.1, 0.15) is 46.5 Å². The molecule has 2 bridgehead atoms. The smallest absolute Gasteiger partial charge is 0.335 e. The summed E-state index contributed by atoms with van der Waals surface area (Å²) in [6.45, 7) is 6.28. The number of fused-ring (bicyclic) bond motifs is 1. The number of aliphatic hydroxyl groups excluding tert-OH is 1. The molecule has 2 aliphatic carbocycles. The van der Waals surface area contributed by atoms with Crippen molar-refractivity contribution in [3.63, 3.8) is 0 Å². The van der Waals surface area contributed by atoms with Crippen LogP contribution in [0.25, 0.3) is 0 Å². The van der Waals surface area contributed by atoms with Crippen LogP contribution in [0.15, 0.2) is 24.3 Å². The third kappa shape index (κ3) is 3.63. The van der Waals surface area contributed by atoms with Gasteiger partial charge < -0.3 is 33.5 Å². The van der Waals surface area contributed by atoms with Crippen LogP contribution in [-0.4, -0.2) is 84.6 Å². The number of rotatable bonds is 0. The third-order valence-electron chi connectivity index (χ3n) is 9.94. The third-order valence-corrected chi connectivity index (χ3v) is 9.94. The highest BCUT2D eigenvalue weighted by molar-refractivity contribution is 5.84. The lowest BCUT2D eigenvalue weighted by molar-refractivity contribution is -0.253. The second-order valence-electron chi connectivity index (χ2n) is 11.8. The molecule has 6 rings (SSSR count). The molecule has 4 aliphatic heterocycles. The number of ether oxygens (including phenoxy) is 6. The van der Waals surface area contributed by atoms with E-state index in [9.17, 15) is 19.5 Å². The van der Waals surface area contributed by atoms with Crippen molar-refractivity contribution >= 4 is 17.9 Å². The molecule has 37 heavy (non-hydrogen) atoms. The van der Waals surface area contributed by atoms with Crippen LogP contribution in [-0.2, 0) is 42.8 Å². The quantitative estimate of drug-likeness (QED) is 0.285. The number of epoxide rings is 2. The van der Waals surface area contributed by atoms with Gasteiger partial charge in [-0.2, -0.15) is 0 Å². The van der Waals surface area contributed by atoms with Crippen LogP contribution in [0, 0.1) is 16.7 Å². The molecule has 1 N–H and O–H groups in total. The van der Waals surface area contributed by atoms with Gasteiger partial charge in [-0.25, -0.2) is 14.4 Å². The Morgan fingerprint density at radius 3 is 2.35 bits per heavy atom. The van der Waals surface area contributed by atoms with Crippen LogP contribution >= 0.6 is 0 Å². The van der Waals surface area contributed by atoms with Crippen molar-refractivity contribution in [1.29, 1.82) is 0 Å². The average molecular weight is 519 g/mol. The van der Waals surface area contributed by atoms with Gasteiger partial charge >= 0.3 is 17.9 Å². The molecule has 6 aliphatic rings. The van der Waals surface area contributed by atoms with E-state index >= 15 is 0 Å². The molecule has 2 saturated carbocycles. The summed E-state index contributed by atoms with van der Waals surface area (Å²) in [5.74, 6) is -2.38. The number of allylic oxidation sites excluding steroid dienone is 2. The number of hydrogen-bond acceptors (Lipinski definition) is 10. The Morgan fingerprint density at radius 2 is 1.62 bits per heavy atom. The van der Waals surface area contributed by atoms with Crippen molar-refractivity contribution in [1.82, 2.24) is 0 Å². The molecular formula is C27H34O10. The number of esters is 3. The molecule has 10 unspecified atom stereocenters. The zero-order valence-electron chi connectivity index (χ0n) is 21.3. The highest BCUT2D eigenvalue weighted by Crippen LogP contribution is 2.75. The van der Waals surface area contributed by atoms with Crippen LogP contribution < -0.4 is 0 Å². The van der Waals surface area contributed by atoms with Gasteiger partial charge in [0.05, 0.1) is 42.5 Å². The van der Waals surface area contributed by atoms with E-state index in [2.05, 4.69) is 13.8 Å². The molecule has 2 spiro atoms. The summed E-state index contributed by atoms with van der Waals surface area (Å²) in [7, 11) is 0. The highest BCUT2D eigenvalue weighted by Gasteiger charge is 2.85. The second kappa shape index (κ2) is 8.36. The van der Waals surface area contributed by atoms with E-state index in [1.54, 1.807) is 6.92 Å². The van der Waals surface area contributed by atoms with Crippen LogP contribution in [0.2, 0.25) is 0 Å². The first-order chi connectivity index (χ1) is 17.5. The van der Waals surface area contributed by atoms with E-state index in [0.717, 1.165) is 0 Å². The fourth-order valence-corrected chi connectivity index (χ4v) is 7.48. The number of carbonyl (C=O) groups excluding carboxylic acids is 3. The van der Waals surface area contributed by atoms with Gasteiger partial charge in [0.1, 0.15) is 18.3 Å². The summed E-state index contributed by atoms with van der Waals surface area (Å²) in [5.41, 5.74) is -2.53. The molecule has 4 heterocycles. The van der Waals surface area contributed by atoms with E-state index in [1.165, 1.54) is 24.3 Å². The van der Waals surface area contributed by atoms with Gasteiger partial charge in [0.2, 0.25) is 0 Å². The number of carbonyl (C=O) groups is 3. The largest absolute Gasteiger partial charge is 0.463 e. The monoisotopic (exact) mass is 518 g/mol. The van der Waals surface area contributed by atoms with Crippen molar-refractivity contribution in [3.8, 4) is 0 Å². The number of hydrogen-bond donors (Lipinski definition) is 1. The summed E-state index contributed by atoms with van der Waals surface area (Å²) in [5, 5.41) is 10.7. The normalized spacial score (nSPS) is 51.2. The van der Waals surface area contributed by atoms with Gasteiger partial charge in [0.15, 0.2) is 6.10 Å². The van der Waals surface area contributed by atoms with Gasteiger partial charge in [-0.1, -0.05) is 26.0 Å². The van der Waals surface area contributed by atoms with E-state index in [1.807, 2.05) is 0 Å². The maximum atomic E-state index is 13.0. The standard InChI is InChI=1S/C27H34O10/c1-15-8-9-32-20(28)6-4-5-7-21(29)36-17-11-19-27(14-34-27)25(17,3)26(13-33-23(31)22(15)30)12-24(2)16(37-24)10-18(26)35-19/h4-7,15-19,22,30H,8-14H2,1-3H3. The summed E-state index contributed by atoms with van der Waals surface area (Å²) in [6.07, 6.45) is 4.82. The summed E-state index contributed by atoms with van der Waals surface area (Å²) in [4.78, 5) is 37.8. The van der Waals surface area contributed by atoms with Gasteiger partial charge in [-0.3, -0.25) is 0 Å². The van der Waals surface area contributed by atoms with Crippen LogP contribution in [0.4, 0.5) is 0 Å². The van der Waals surface area contributed by atoms with Crippen molar-refractivity contribution < 1.29 is 47.9 Å². The zero-order chi connectivity index (χ0) is 26.2. The SMILES string of the molecule is CC1CCOC(=O)C=CC=CC(=O)OC2CC3OC4CC5OC5(C)CC4(COC(=O)C1O)C2(C)C31CO1. The fraction of sp³-hybridized carbons (Fsp3) is 0.741. The molecule has 0 aromatic heterocycles. The Morgan fingerprint density at radius 1 is 0.919 bits per heavy atom. The lowest BCUT2D eigenvalue weighted by Gasteiger charge is -2.59. The first-order valence-corrected chi connectivity index (χ1v) is 13.1. The predicted octanol–water partition coefficient (Wildman–Crippen LogP) is 1.38. The topological polar surface area (TPSA) is 133 Å². The Labute approximate surface area is 215 Å². The summed E-state index contributed by atoms with van der Waals surface area (Å²) in [6, 6.07) is 0. The Bertz CT molecular complexity index is 1060. The van der Waals surface area contributed by atoms with Crippen LogP contribution in [0.5, 0.6) is 0 Å². The molecule has 5 fully saturated rings. The Kier molecular flexibility index (Phi) is 5.66. The first-order valence-electron chi connectivity index (χ1n) is 13.1. The zero-order valence-corrected chi connectivity index (χ0v) is 21.3. The highest BCUT2D eigenvalue weighted by atomic mass is 16.7. The predicted molar refractivity (Wildman–Crippen MR) is 125 cm³/mol.